The number of nitrogens with zero attached hydrogens (tertiary/aromatic N) is 1. The van der Waals surface area contributed by atoms with E-state index in [1.54, 1.807) is 7.05 Å². The second-order valence-corrected chi connectivity index (χ2v) is 3.50. The maximum atomic E-state index is 10.7. The van der Waals surface area contributed by atoms with Gasteiger partial charge in [0.15, 0.2) is 0 Å². The Balaban J connectivity index is 2.49. The quantitative estimate of drug-likeness (QED) is 0.776. The highest BCUT2D eigenvalue weighted by atomic mass is 16.2. The average Bonchev–Trinajstić information content (AvgIpc) is 2.14. The molecule has 0 aliphatic rings. The summed E-state index contributed by atoms with van der Waals surface area (Å²) in [6.45, 7) is 2.72. The van der Waals surface area contributed by atoms with E-state index in [9.17, 15) is 4.79 Å². The molecule has 0 saturated carbocycles. The molecule has 14 heavy (non-hydrogen) atoms. The van der Waals surface area contributed by atoms with Gasteiger partial charge in [-0.2, -0.15) is 0 Å². The summed E-state index contributed by atoms with van der Waals surface area (Å²) < 4.78 is 0. The van der Waals surface area contributed by atoms with Gasteiger partial charge in [0.2, 0.25) is 0 Å². The van der Waals surface area contributed by atoms with E-state index >= 15 is 0 Å². The molecule has 0 bridgehead atoms. The van der Waals surface area contributed by atoms with Gasteiger partial charge >= 0.3 is 6.03 Å². The summed E-state index contributed by atoms with van der Waals surface area (Å²) in [5.41, 5.74) is 7.59. The number of primary amides is 1. The third kappa shape index (κ3) is 3.09. The van der Waals surface area contributed by atoms with E-state index in [1.807, 2.05) is 6.07 Å². The van der Waals surface area contributed by atoms with Crippen LogP contribution in [-0.4, -0.2) is 24.5 Å². The van der Waals surface area contributed by atoms with Crippen LogP contribution in [0.25, 0.3) is 0 Å². The Morgan fingerprint density at radius 2 is 2.21 bits per heavy atom. The van der Waals surface area contributed by atoms with Crippen molar-refractivity contribution in [3.63, 3.8) is 0 Å². The molecule has 1 aromatic rings. The van der Waals surface area contributed by atoms with Gasteiger partial charge in [-0.05, 0) is 18.9 Å². The van der Waals surface area contributed by atoms with Gasteiger partial charge < -0.3 is 10.6 Å². The molecule has 0 atom stereocenters. The van der Waals surface area contributed by atoms with Gasteiger partial charge in [0.1, 0.15) is 0 Å². The van der Waals surface area contributed by atoms with Crippen LogP contribution in [-0.2, 0) is 6.42 Å². The summed E-state index contributed by atoms with van der Waals surface area (Å²) in [7, 11) is 1.71. The lowest BCUT2D eigenvalue weighted by atomic mass is 10.1. The number of benzene rings is 1. The zero-order chi connectivity index (χ0) is 10.6. The number of hydrogen-bond donors (Lipinski definition) is 1. The second-order valence-electron chi connectivity index (χ2n) is 3.50. The van der Waals surface area contributed by atoms with E-state index in [0.29, 0.717) is 6.54 Å². The minimum atomic E-state index is -0.377. The summed E-state index contributed by atoms with van der Waals surface area (Å²) >= 11 is 0. The molecule has 76 valence electrons. The van der Waals surface area contributed by atoms with Crippen molar-refractivity contribution in [1.29, 1.82) is 0 Å². The molecular weight excluding hydrogens is 176 g/mol. The fourth-order valence-corrected chi connectivity index (χ4v) is 1.27. The first-order chi connectivity index (χ1) is 6.59. The van der Waals surface area contributed by atoms with Crippen molar-refractivity contribution in [2.45, 2.75) is 13.3 Å². The normalized spacial score (nSPS) is 9.86. The summed E-state index contributed by atoms with van der Waals surface area (Å²) in [6, 6.07) is 7.88. The Hall–Kier alpha value is -1.51. The summed E-state index contributed by atoms with van der Waals surface area (Å²) in [5, 5.41) is 0. The van der Waals surface area contributed by atoms with Gasteiger partial charge in [0.25, 0.3) is 0 Å². The van der Waals surface area contributed by atoms with Gasteiger partial charge in [-0.1, -0.05) is 29.8 Å². The average molecular weight is 192 g/mol. The van der Waals surface area contributed by atoms with E-state index in [2.05, 4.69) is 25.1 Å². The highest BCUT2D eigenvalue weighted by Gasteiger charge is 2.02. The number of hydrogen-bond acceptors (Lipinski definition) is 1. The lowest BCUT2D eigenvalue weighted by Gasteiger charge is -2.13. The molecule has 0 radical (unpaired) electrons. The third-order valence-electron chi connectivity index (χ3n) is 2.19. The molecule has 2 amide bonds. The third-order valence-corrected chi connectivity index (χ3v) is 2.19. The van der Waals surface area contributed by atoms with Crippen LogP contribution in [0.2, 0.25) is 0 Å². The van der Waals surface area contributed by atoms with Crippen molar-refractivity contribution in [3.8, 4) is 0 Å². The molecule has 0 heterocycles. The zero-order valence-electron chi connectivity index (χ0n) is 8.66. The number of carbonyl (C=O) groups is 1. The van der Waals surface area contributed by atoms with Crippen LogP contribution in [0.3, 0.4) is 0 Å². The molecule has 1 rings (SSSR count). The monoisotopic (exact) mass is 192 g/mol. The molecule has 0 aromatic heterocycles. The minimum Gasteiger partial charge on any atom is -0.351 e. The number of carbonyl (C=O) groups excluding carboxylic acids is 1. The number of amides is 2. The number of rotatable bonds is 3. The summed E-state index contributed by atoms with van der Waals surface area (Å²) in [6.07, 6.45) is 0.848. The molecular formula is C11H16N2O. The Morgan fingerprint density at radius 3 is 2.79 bits per heavy atom. The molecule has 0 saturated heterocycles. The maximum absolute atomic E-state index is 10.7. The lowest BCUT2D eigenvalue weighted by molar-refractivity contribution is 0.219. The van der Waals surface area contributed by atoms with Gasteiger partial charge in [0.05, 0.1) is 0 Å². The van der Waals surface area contributed by atoms with Crippen LogP contribution in [0.1, 0.15) is 11.1 Å². The topological polar surface area (TPSA) is 46.3 Å². The van der Waals surface area contributed by atoms with Crippen molar-refractivity contribution in [2.24, 2.45) is 5.73 Å². The van der Waals surface area contributed by atoms with Crippen molar-refractivity contribution in [2.75, 3.05) is 13.6 Å². The van der Waals surface area contributed by atoms with E-state index in [1.165, 1.54) is 16.0 Å². The fraction of sp³-hybridized carbons (Fsp3) is 0.364. The van der Waals surface area contributed by atoms with Crippen LogP contribution in [0.4, 0.5) is 4.79 Å². The first-order valence-electron chi connectivity index (χ1n) is 4.65. The van der Waals surface area contributed by atoms with E-state index in [0.717, 1.165) is 6.42 Å². The van der Waals surface area contributed by atoms with E-state index in [4.69, 9.17) is 5.73 Å². The van der Waals surface area contributed by atoms with Crippen LogP contribution in [0.5, 0.6) is 0 Å². The van der Waals surface area contributed by atoms with Gasteiger partial charge in [-0.3, -0.25) is 0 Å². The standard InChI is InChI=1S/C11H16N2O/c1-9-4-3-5-10(8-9)6-7-13(2)11(12)14/h3-5,8H,6-7H2,1-2H3,(H2,12,14). The van der Waals surface area contributed by atoms with Gasteiger partial charge in [-0.25, -0.2) is 4.79 Å². The molecule has 1 aromatic carbocycles. The SMILES string of the molecule is Cc1cccc(CCN(C)C(N)=O)c1. The van der Waals surface area contributed by atoms with Crippen LogP contribution < -0.4 is 5.73 Å². The van der Waals surface area contributed by atoms with E-state index < -0.39 is 0 Å². The number of aryl methyl sites for hydroxylation is 1. The number of nitrogens with two attached hydrogens (primary N) is 1. The molecule has 2 N–H and O–H groups in total. The van der Waals surface area contributed by atoms with Crippen molar-refractivity contribution in [3.05, 3.63) is 35.4 Å². The number of likely N-dealkylation sites (N-methyl/N-ethyl adjacent to an activating group) is 1. The maximum Gasteiger partial charge on any atom is 0.314 e. The molecule has 3 heteroatoms. The Kier molecular flexibility index (Phi) is 3.51. The Morgan fingerprint density at radius 1 is 1.50 bits per heavy atom. The molecule has 0 aliphatic carbocycles. The van der Waals surface area contributed by atoms with E-state index in [-0.39, 0.29) is 6.03 Å². The van der Waals surface area contributed by atoms with Gasteiger partial charge in [-0.15, -0.1) is 0 Å². The van der Waals surface area contributed by atoms with Crippen molar-refractivity contribution >= 4 is 6.03 Å². The summed E-state index contributed by atoms with van der Waals surface area (Å²) in [4.78, 5) is 12.3. The summed E-state index contributed by atoms with van der Waals surface area (Å²) in [5.74, 6) is 0. The molecule has 0 aliphatic heterocycles. The molecule has 0 fully saturated rings. The lowest BCUT2D eigenvalue weighted by Crippen LogP contribution is -2.33. The first kappa shape index (κ1) is 10.6. The molecule has 3 nitrogen and oxygen atoms in total. The highest BCUT2D eigenvalue weighted by molar-refractivity contribution is 5.71. The van der Waals surface area contributed by atoms with Gasteiger partial charge in [0, 0.05) is 13.6 Å². The van der Waals surface area contributed by atoms with Crippen LogP contribution in [0.15, 0.2) is 24.3 Å². The minimum absolute atomic E-state index is 0.377. The molecule has 0 unspecified atom stereocenters. The Bertz CT molecular complexity index is 323. The predicted molar refractivity (Wildman–Crippen MR) is 57.1 cm³/mol. The van der Waals surface area contributed by atoms with Crippen LogP contribution >= 0.6 is 0 Å². The highest BCUT2D eigenvalue weighted by Crippen LogP contribution is 2.04. The van der Waals surface area contributed by atoms with Crippen LogP contribution in [0, 0.1) is 6.92 Å². The molecule has 0 spiro atoms. The fourth-order valence-electron chi connectivity index (χ4n) is 1.27. The second kappa shape index (κ2) is 4.65. The van der Waals surface area contributed by atoms with Crippen molar-refractivity contribution < 1.29 is 4.79 Å². The number of urea groups is 1. The first-order valence-corrected chi connectivity index (χ1v) is 4.65. The Labute approximate surface area is 84.5 Å². The zero-order valence-corrected chi connectivity index (χ0v) is 8.66. The smallest absolute Gasteiger partial charge is 0.314 e. The largest absolute Gasteiger partial charge is 0.351 e. The predicted octanol–water partition coefficient (Wildman–Crippen LogP) is 1.55. The van der Waals surface area contributed by atoms with Crippen molar-refractivity contribution in [1.82, 2.24) is 4.90 Å².